The lowest BCUT2D eigenvalue weighted by molar-refractivity contribution is -0.116. The normalized spacial score (nSPS) is 14.9. The van der Waals surface area contributed by atoms with Crippen LogP contribution in [0.4, 0.5) is 5.69 Å². The average Bonchev–Trinajstić information content (AvgIpc) is 2.90. The highest BCUT2D eigenvalue weighted by Gasteiger charge is 2.50. The van der Waals surface area contributed by atoms with E-state index < -0.39 is 19.0 Å². The Morgan fingerprint density at radius 3 is 1.98 bits per heavy atom. The van der Waals surface area contributed by atoms with Crippen LogP contribution < -0.4 is 11.1 Å². The van der Waals surface area contributed by atoms with Gasteiger partial charge in [0.05, 0.1) is 0 Å². The Bertz CT molecular complexity index is 954. The summed E-state index contributed by atoms with van der Waals surface area (Å²) in [4.78, 5) is 44.9. The molecule has 6 N–H and O–H groups in total. The third-order valence-corrected chi connectivity index (χ3v) is 9.85. The Morgan fingerprint density at radius 2 is 1.48 bits per heavy atom. The molecule has 0 fully saturated rings. The van der Waals surface area contributed by atoms with Gasteiger partial charge in [0, 0.05) is 29.5 Å². The molecule has 0 aliphatic rings. The predicted octanol–water partition coefficient (Wildman–Crippen LogP) is 7.37. The molecule has 1 aromatic rings. The van der Waals surface area contributed by atoms with Gasteiger partial charge >= 0.3 is 7.60 Å². The molecule has 3 unspecified atom stereocenters. The number of carbonyl (C=O) groups is 2. The van der Waals surface area contributed by atoms with Crippen molar-refractivity contribution in [2.45, 2.75) is 140 Å². The van der Waals surface area contributed by atoms with E-state index in [2.05, 4.69) is 12.2 Å². The van der Waals surface area contributed by atoms with E-state index in [1.54, 1.807) is 6.92 Å². The molecule has 0 saturated carbocycles. The van der Waals surface area contributed by atoms with Crippen LogP contribution >= 0.6 is 19.2 Å². The Labute approximate surface area is 246 Å². The summed E-state index contributed by atoms with van der Waals surface area (Å²) in [5.41, 5.74) is 5.86. The minimum atomic E-state index is -4.95. The summed E-state index contributed by atoms with van der Waals surface area (Å²) in [5.74, 6) is -0.581. The van der Waals surface area contributed by atoms with Crippen LogP contribution in [0.1, 0.15) is 139 Å². The number of aliphatic hydroxyl groups excluding tert-OH is 1. The summed E-state index contributed by atoms with van der Waals surface area (Å²) in [6.45, 7) is 4.98. The summed E-state index contributed by atoms with van der Waals surface area (Å²) in [6.07, 6.45) is 14.6. The van der Waals surface area contributed by atoms with Crippen molar-refractivity contribution in [2.24, 2.45) is 5.73 Å². The molecule has 230 valence electrons. The number of anilines is 1. The molecule has 0 aliphatic heterocycles. The maximum Gasteiger partial charge on any atom is 0.339 e. The topological polar surface area (TPSA) is 150 Å². The quantitative estimate of drug-likeness (QED) is 0.0306. The number of rotatable bonds is 22. The predicted molar refractivity (Wildman–Crippen MR) is 164 cm³/mol. The molecule has 1 aromatic carbocycles. The first-order valence-corrected chi connectivity index (χ1v) is 17.0. The Hall–Kier alpha value is -1.28. The molecule has 0 heterocycles. The molecule has 0 aliphatic carbocycles. The standard InChI is InChI=1S/C30H52ClN2O6P/c1-4-6-7-8-9-11-14-17-23(31)18-15-12-10-13-16-19-28(35)33-24-20-21-26(25(22-24)27(34)5-2)30(3,29(32)36)40(37,38)39/h20-23,29,36H,4-19,32H2,1-3H3,(H,33,35)(H2,37,38,39). The van der Waals surface area contributed by atoms with Crippen molar-refractivity contribution in [3.8, 4) is 0 Å². The zero-order valence-electron chi connectivity index (χ0n) is 24.7. The summed E-state index contributed by atoms with van der Waals surface area (Å²) in [5, 5.41) is 10.9. The lowest BCUT2D eigenvalue weighted by Crippen LogP contribution is -2.43. The highest BCUT2D eigenvalue weighted by atomic mass is 35.5. The van der Waals surface area contributed by atoms with E-state index in [-0.39, 0.29) is 34.6 Å². The highest BCUT2D eigenvalue weighted by Crippen LogP contribution is 2.58. The third kappa shape index (κ3) is 12.3. The first-order chi connectivity index (χ1) is 18.9. The first kappa shape index (κ1) is 36.7. The lowest BCUT2D eigenvalue weighted by atomic mass is 9.90. The van der Waals surface area contributed by atoms with Gasteiger partial charge in [0.25, 0.3) is 0 Å². The first-order valence-electron chi connectivity index (χ1n) is 15.0. The van der Waals surface area contributed by atoms with E-state index >= 15 is 0 Å². The molecule has 0 spiro atoms. The number of benzene rings is 1. The summed E-state index contributed by atoms with van der Waals surface area (Å²) >= 11 is 6.48. The molecule has 1 amide bonds. The fourth-order valence-corrected chi connectivity index (χ4v) is 6.01. The van der Waals surface area contributed by atoms with Gasteiger partial charge in [-0.1, -0.05) is 90.5 Å². The van der Waals surface area contributed by atoms with Crippen molar-refractivity contribution in [3.63, 3.8) is 0 Å². The Morgan fingerprint density at radius 1 is 0.950 bits per heavy atom. The average molecular weight is 603 g/mol. The van der Waals surface area contributed by atoms with E-state index in [1.807, 2.05) is 0 Å². The van der Waals surface area contributed by atoms with E-state index in [0.29, 0.717) is 12.1 Å². The summed E-state index contributed by atoms with van der Waals surface area (Å²) in [7, 11) is -4.95. The minimum Gasteiger partial charge on any atom is -0.377 e. The van der Waals surface area contributed by atoms with Crippen LogP contribution in [0.15, 0.2) is 18.2 Å². The van der Waals surface area contributed by atoms with E-state index in [1.165, 1.54) is 63.1 Å². The van der Waals surface area contributed by atoms with Crippen LogP contribution in [0, 0.1) is 0 Å². The molecular formula is C30H52ClN2O6P. The van der Waals surface area contributed by atoms with E-state index in [9.17, 15) is 29.0 Å². The van der Waals surface area contributed by atoms with Gasteiger partial charge in [0.2, 0.25) is 5.91 Å². The van der Waals surface area contributed by atoms with Crippen molar-refractivity contribution in [2.75, 3.05) is 5.32 Å². The fraction of sp³-hybridized carbons (Fsp3) is 0.733. The molecule has 0 saturated heterocycles. The number of hydrogen-bond acceptors (Lipinski definition) is 5. The van der Waals surface area contributed by atoms with Gasteiger partial charge in [-0.3, -0.25) is 14.2 Å². The second kappa shape index (κ2) is 19.0. The second-order valence-electron chi connectivity index (χ2n) is 11.0. The Kier molecular flexibility index (Phi) is 17.5. The molecular weight excluding hydrogens is 551 g/mol. The monoisotopic (exact) mass is 602 g/mol. The molecule has 40 heavy (non-hydrogen) atoms. The van der Waals surface area contributed by atoms with Crippen molar-refractivity contribution in [1.82, 2.24) is 0 Å². The number of carbonyl (C=O) groups excluding carboxylic acids is 2. The number of unbranched alkanes of at least 4 members (excludes halogenated alkanes) is 10. The number of ketones is 1. The molecule has 0 radical (unpaired) electrons. The number of halogens is 1. The maximum atomic E-state index is 12.6. The lowest BCUT2D eigenvalue weighted by Gasteiger charge is -2.34. The minimum absolute atomic E-state index is 0.0141. The third-order valence-electron chi connectivity index (χ3n) is 7.69. The number of amides is 1. The highest BCUT2D eigenvalue weighted by molar-refractivity contribution is 7.53. The largest absolute Gasteiger partial charge is 0.377 e. The Balaban J connectivity index is 2.45. The van der Waals surface area contributed by atoms with Gasteiger partial charge in [-0.15, -0.1) is 11.6 Å². The molecule has 1 rings (SSSR count). The molecule has 0 bridgehead atoms. The zero-order valence-corrected chi connectivity index (χ0v) is 26.3. The number of nitrogens with one attached hydrogen (secondary N) is 1. The van der Waals surface area contributed by atoms with Crippen LogP contribution in [0.2, 0.25) is 0 Å². The van der Waals surface area contributed by atoms with Crippen LogP contribution in [0.5, 0.6) is 0 Å². The van der Waals surface area contributed by atoms with Crippen molar-refractivity contribution in [1.29, 1.82) is 0 Å². The number of hydrogen-bond donors (Lipinski definition) is 5. The van der Waals surface area contributed by atoms with Crippen LogP contribution in [0.25, 0.3) is 0 Å². The molecule has 10 heteroatoms. The fourth-order valence-electron chi connectivity index (χ4n) is 4.85. The zero-order chi connectivity index (χ0) is 30.2. The van der Waals surface area contributed by atoms with E-state index in [0.717, 1.165) is 51.9 Å². The van der Waals surface area contributed by atoms with Gasteiger partial charge in [0.15, 0.2) is 5.78 Å². The number of alkyl halides is 1. The van der Waals surface area contributed by atoms with Gasteiger partial charge in [0.1, 0.15) is 11.4 Å². The second-order valence-corrected chi connectivity index (χ2v) is 13.7. The maximum absolute atomic E-state index is 12.6. The number of aliphatic hydroxyl groups is 1. The van der Waals surface area contributed by atoms with Gasteiger partial charge < -0.3 is 25.9 Å². The van der Waals surface area contributed by atoms with Crippen LogP contribution in [-0.2, 0) is 14.5 Å². The number of Topliss-reactive ketones (excluding diaryl/α,β-unsaturated/α-hetero) is 1. The van der Waals surface area contributed by atoms with Crippen LogP contribution in [0.3, 0.4) is 0 Å². The van der Waals surface area contributed by atoms with Gasteiger partial charge in [-0.25, -0.2) is 0 Å². The number of nitrogens with two attached hydrogens (primary N) is 1. The van der Waals surface area contributed by atoms with Gasteiger partial charge in [-0.2, -0.15) is 0 Å². The SMILES string of the molecule is CCCCCCCCCC(Cl)CCCCCCCC(=O)Nc1ccc(C(C)(C(N)O)P(=O)(O)O)c(C(=O)CC)c1. The van der Waals surface area contributed by atoms with Gasteiger partial charge in [-0.05, 0) is 43.9 Å². The molecule has 8 nitrogen and oxygen atoms in total. The summed E-state index contributed by atoms with van der Waals surface area (Å²) < 4.78 is 12.2. The molecule has 3 atom stereocenters. The van der Waals surface area contributed by atoms with Crippen LogP contribution in [-0.4, -0.2) is 38.2 Å². The van der Waals surface area contributed by atoms with E-state index in [4.69, 9.17) is 17.3 Å². The summed E-state index contributed by atoms with van der Waals surface area (Å²) in [6, 6.07) is 4.20. The van der Waals surface area contributed by atoms with Crippen molar-refractivity contribution >= 4 is 36.6 Å². The van der Waals surface area contributed by atoms with Crippen molar-refractivity contribution in [3.05, 3.63) is 29.3 Å². The molecule has 0 aromatic heterocycles. The smallest absolute Gasteiger partial charge is 0.339 e. The van der Waals surface area contributed by atoms with Crippen molar-refractivity contribution < 1.29 is 29.0 Å².